The van der Waals surface area contributed by atoms with Gasteiger partial charge in [0.2, 0.25) is 0 Å². The highest BCUT2D eigenvalue weighted by atomic mass is 16.5. The molecule has 3 aromatic heterocycles. The Balaban J connectivity index is 1.29. The molecule has 1 unspecified atom stereocenters. The van der Waals surface area contributed by atoms with Crippen LogP contribution in [0.4, 0.5) is 0 Å². The number of carbonyl (C=O) groups is 3. The van der Waals surface area contributed by atoms with E-state index in [9.17, 15) is 19.5 Å². The number of carbonyl (C=O) groups excluding carboxylic acids is 2. The van der Waals surface area contributed by atoms with Crippen molar-refractivity contribution in [3.63, 3.8) is 0 Å². The molecular weight excluding hydrogens is 588 g/mol. The molecule has 0 saturated heterocycles. The van der Waals surface area contributed by atoms with Crippen LogP contribution in [0.15, 0.2) is 65.6 Å². The molecule has 5 aromatic rings. The van der Waals surface area contributed by atoms with Gasteiger partial charge in [-0.25, -0.2) is 14.6 Å². The van der Waals surface area contributed by atoms with E-state index in [0.29, 0.717) is 22.9 Å². The summed E-state index contributed by atoms with van der Waals surface area (Å²) in [5.41, 5.74) is 3.08. The fourth-order valence-electron chi connectivity index (χ4n) is 6.36. The molecule has 11 nitrogen and oxygen atoms in total. The van der Waals surface area contributed by atoms with E-state index in [2.05, 4.69) is 9.88 Å². The summed E-state index contributed by atoms with van der Waals surface area (Å²) in [7, 11) is 3.16. The molecule has 1 fully saturated rings. The molecular formula is C35H38N4O7. The summed E-state index contributed by atoms with van der Waals surface area (Å²) in [6, 6.07) is 12.0. The number of rotatable bonds is 10. The van der Waals surface area contributed by atoms with Gasteiger partial charge in [-0.1, -0.05) is 19.3 Å². The molecule has 0 radical (unpaired) electrons. The molecule has 1 aliphatic rings. The monoisotopic (exact) mass is 626 g/mol. The number of aryl methyl sites for hydroxylation is 1. The first kappa shape index (κ1) is 30.9. The number of furan rings is 1. The number of ether oxygens (including phenoxy) is 2. The molecule has 3 heterocycles. The minimum atomic E-state index is -1.43. The third-order valence-electron chi connectivity index (χ3n) is 8.82. The first-order chi connectivity index (χ1) is 22.1. The van der Waals surface area contributed by atoms with Crippen molar-refractivity contribution in [2.75, 3.05) is 7.11 Å². The Morgan fingerprint density at radius 1 is 1.09 bits per heavy atom. The van der Waals surface area contributed by atoms with Crippen LogP contribution < -0.4 is 10.1 Å². The smallest absolute Gasteiger partial charge is 0.347 e. The van der Waals surface area contributed by atoms with Gasteiger partial charge in [0.15, 0.2) is 5.60 Å². The maximum atomic E-state index is 13.6. The van der Waals surface area contributed by atoms with Gasteiger partial charge < -0.3 is 33.4 Å². The predicted molar refractivity (Wildman–Crippen MR) is 172 cm³/mol. The van der Waals surface area contributed by atoms with Gasteiger partial charge in [0.25, 0.3) is 5.91 Å². The highest BCUT2D eigenvalue weighted by Gasteiger charge is 2.30. The van der Waals surface area contributed by atoms with Crippen LogP contribution in [0.5, 0.6) is 5.75 Å². The summed E-state index contributed by atoms with van der Waals surface area (Å²) < 4.78 is 20.4. The molecule has 0 bridgehead atoms. The van der Waals surface area contributed by atoms with Gasteiger partial charge in [0, 0.05) is 42.2 Å². The normalized spacial score (nSPS) is 14.8. The lowest BCUT2D eigenvalue weighted by Crippen LogP contribution is -2.43. The van der Waals surface area contributed by atoms with E-state index < -0.39 is 29.5 Å². The van der Waals surface area contributed by atoms with E-state index in [0.717, 1.165) is 59.1 Å². The van der Waals surface area contributed by atoms with Crippen LogP contribution >= 0.6 is 0 Å². The van der Waals surface area contributed by atoms with Crippen LogP contribution in [-0.2, 0) is 27.8 Å². The lowest BCUT2D eigenvalue weighted by atomic mass is 9.95. The largest absolute Gasteiger partial charge is 0.478 e. The summed E-state index contributed by atoms with van der Waals surface area (Å²) in [4.78, 5) is 43.1. The molecule has 11 heteroatoms. The number of carboxylic acid groups (broad SMARTS) is 1. The van der Waals surface area contributed by atoms with E-state index in [1.807, 2.05) is 36.0 Å². The van der Waals surface area contributed by atoms with Crippen LogP contribution in [0, 0.1) is 0 Å². The number of aliphatic carboxylic acids is 1. The number of aromatic nitrogens is 3. The van der Waals surface area contributed by atoms with Crippen molar-refractivity contribution in [1.82, 2.24) is 19.4 Å². The van der Waals surface area contributed by atoms with Crippen LogP contribution in [-0.4, -0.2) is 55.8 Å². The van der Waals surface area contributed by atoms with Gasteiger partial charge in [0.05, 0.1) is 30.0 Å². The predicted octanol–water partition coefficient (Wildman–Crippen LogP) is 6.05. The van der Waals surface area contributed by atoms with Crippen LogP contribution in [0.25, 0.3) is 33.3 Å². The van der Waals surface area contributed by atoms with Crippen molar-refractivity contribution in [1.29, 1.82) is 0 Å². The number of hydrogen-bond donors (Lipinski definition) is 2. The van der Waals surface area contributed by atoms with Crippen LogP contribution in [0.2, 0.25) is 0 Å². The molecule has 240 valence electrons. The lowest BCUT2D eigenvalue weighted by Gasteiger charge is -2.25. The van der Waals surface area contributed by atoms with Crippen molar-refractivity contribution < 1.29 is 33.4 Å². The zero-order valence-electron chi connectivity index (χ0n) is 26.4. The summed E-state index contributed by atoms with van der Waals surface area (Å²) in [6.07, 6.45) is 11.0. The molecule has 2 aromatic carbocycles. The molecule has 0 aliphatic heterocycles. The van der Waals surface area contributed by atoms with Crippen molar-refractivity contribution in [3.8, 4) is 17.1 Å². The summed E-state index contributed by atoms with van der Waals surface area (Å²) in [5, 5.41) is 13.1. The fraction of sp³-hybridized carbons (Fsp3) is 0.371. The van der Waals surface area contributed by atoms with Crippen LogP contribution in [0.1, 0.15) is 67.9 Å². The fourth-order valence-corrected chi connectivity index (χ4v) is 6.36. The highest BCUT2D eigenvalue weighted by molar-refractivity contribution is 6.00. The zero-order valence-corrected chi connectivity index (χ0v) is 26.4. The van der Waals surface area contributed by atoms with Gasteiger partial charge in [-0.15, -0.1) is 0 Å². The SMILES string of the molecule is COC(=O)C(Cc1cn(C)c2ccc(OC(C)(C)C(=O)O)cc12)NC(=O)c1ccc2c(c1)nc(-c1ccoc1)n2C1CCCCC1. The second-order valence-corrected chi connectivity index (χ2v) is 12.4. The van der Waals surface area contributed by atoms with Crippen molar-refractivity contribution in [3.05, 3.63) is 72.3 Å². The number of nitrogens with zero attached hydrogens (tertiary/aromatic N) is 3. The molecule has 2 N–H and O–H groups in total. The van der Waals surface area contributed by atoms with E-state index in [1.165, 1.54) is 27.4 Å². The Bertz CT molecular complexity index is 1910. The Morgan fingerprint density at radius 3 is 2.54 bits per heavy atom. The van der Waals surface area contributed by atoms with Crippen molar-refractivity contribution in [2.24, 2.45) is 7.05 Å². The Labute approximate surface area is 266 Å². The first-order valence-electron chi connectivity index (χ1n) is 15.5. The molecule has 46 heavy (non-hydrogen) atoms. The zero-order chi connectivity index (χ0) is 32.6. The number of hydrogen-bond acceptors (Lipinski definition) is 7. The standard InChI is InChI=1S/C35H38N4O7/c1-35(2,34(42)43)46-25-11-13-29-26(18-25)23(19-38(29)3)17-28(33(41)44-4)37-32(40)21-10-12-30-27(16-21)36-31(22-14-15-45-20-22)39(30)24-8-6-5-7-9-24/h10-16,18-20,24,28H,5-9,17H2,1-4H3,(H,37,40)(H,42,43). The highest BCUT2D eigenvalue weighted by Crippen LogP contribution is 2.36. The summed E-state index contributed by atoms with van der Waals surface area (Å²) >= 11 is 0. The summed E-state index contributed by atoms with van der Waals surface area (Å²) in [5.74, 6) is -0.920. The number of benzene rings is 2. The molecule has 1 saturated carbocycles. The average Bonchev–Trinajstić information content (AvgIpc) is 3.78. The maximum absolute atomic E-state index is 13.6. The van der Waals surface area contributed by atoms with Gasteiger partial charge in [-0.05, 0) is 74.7 Å². The van der Waals surface area contributed by atoms with Crippen LogP contribution in [0.3, 0.4) is 0 Å². The van der Waals surface area contributed by atoms with Gasteiger partial charge in [-0.3, -0.25) is 4.79 Å². The van der Waals surface area contributed by atoms with Gasteiger partial charge >= 0.3 is 11.9 Å². The molecule has 6 rings (SSSR count). The second-order valence-electron chi connectivity index (χ2n) is 12.4. The number of imidazole rings is 1. The second kappa shape index (κ2) is 12.4. The maximum Gasteiger partial charge on any atom is 0.347 e. The topological polar surface area (TPSA) is 138 Å². The average molecular weight is 627 g/mol. The third-order valence-corrected chi connectivity index (χ3v) is 8.82. The minimum absolute atomic E-state index is 0.144. The summed E-state index contributed by atoms with van der Waals surface area (Å²) in [6.45, 7) is 2.95. The minimum Gasteiger partial charge on any atom is -0.478 e. The molecule has 0 spiro atoms. The number of nitrogens with one attached hydrogen (secondary N) is 1. The van der Waals surface area contributed by atoms with Crippen molar-refractivity contribution >= 4 is 39.8 Å². The first-order valence-corrected chi connectivity index (χ1v) is 15.5. The number of amides is 1. The van der Waals surface area contributed by atoms with Gasteiger partial charge in [0.1, 0.15) is 23.9 Å². The van der Waals surface area contributed by atoms with Gasteiger partial charge in [-0.2, -0.15) is 0 Å². The number of methoxy groups -OCH3 is 1. The number of fused-ring (bicyclic) bond motifs is 2. The number of esters is 1. The molecule has 1 atom stereocenters. The van der Waals surface area contributed by atoms with E-state index in [4.69, 9.17) is 18.9 Å². The molecule has 1 amide bonds. The van der Waals surface area contributed by atoms with Crippen molar-refractivity contribution in [2.45, 2.75) is 70.1 Å². The molecule has 1 aliphatic carbocycles. The van der Waals surface area contributed by atoms with E-state index >= 15 is 0 Å². The Hall–Kier alpha value is -5.06. The lowest BCUT2D eigenvalue weighted by molar-refractivity contribution is -0.152. The number of carboxylic acids is 1. The Kier molecular flexibility index (Phi) is 8.33. The van der Waals surface area contributed by atoms with E-state index in [-0.39, 0.29) is 6.42 Å². The third kappa shape index (κ3) is 5.96. The van der Waals surface area contributed by atoms with E-state index in [1.54, 1.807) is 36.8 Å². The Morgan fingerprint density at radius 2 is 1.85 bits per heavy atom. The quantitative estimate of drug-likeness (QED) is 0.179.